The van der Waals surface area contributed by atoms with E-state index in [-0.39, 0.29) is 12.0 Å². The first-order valence-corrected chi connectivity index (χ1v) is 6.11. The highest BCUT2D eigenvalue weighted by Gasteiger charge is 2.14. The Morgan fingerprint density at radius 1 is 1.16 bits per heavy atom. The van der Waals surface area contributed by atoms with E-state index >= 15 is 0 Å². The van der Waals surface area contributed by atoms with Crippen LogP contribution in [-0.4, -0.2) is 4.98 Å². The molecule has 0 aliphatic heterocycles. The Kier molecular flexibility index (Phi) is 3.90. The fourth-order valence-electron chi connectivity index (χ4n) is 2.14. The number of pyridine rings is 1. The molecular weight excluding hydrogens is 246 g/mol. The van der Waals surface area contributed by atoms with Crippen LogP contribution in [0.2, 0.25) is 0 Å². The lowest BCUT2D eigenvalue weighted by molar-refractivity contribution is 0.572. The Hall–Kier alpha value is -1.81. The van der Waals surface area contributed by atoms with Gasteiger partial charge in [-0.3, -0.25) is 4.98 Å². The summed E-state index contributed by atoms with van der Waals surface area (Å²) in [6.07, 6.45) is 0.245. The summed E-state index contributed by atoms with van der Waals surface area (Å²) >= 11 is 0. The number of nitrogens with two attached hydrogens (primary N) is 1. The molecule has 2 aromatic rings. The number of rotatable bonds is 3. The van der Waals surface area contributed by atoms with Gasteiger partial charge in [-0.05, 0) is 55.7 Å². The molecule has 0 saturated carbocycles. The molecule has 2 N–H and O–H groups in total. The third-order valence-electron chi connectivity index (χ3n) is 3.11. The van der Waals surface area contributed by atoms with Crippen molar-refractivity contribution in [3.63, 3.8) is 0 Å². The van der Waals surface area contributed by atoms with E-state index in [1.54, 1.807) is 0 Å². The summed E-state index contributed by atoms with van der Waals surface area (Å²) in [5.41, 5.74) is 8.94. The Balaban J connectivity index is 2.25. The predicted molar refractivity (Wildman–Crippen MR) is 70.7 cm³/mol. The number of halogens is 2. The topological polar surface area (TPSA) is 38.9 Å². The van der Waals surface area contributed by atoms with Crippen LogP contribution >= 0.6 is 0 Å². The smallest absolute Gasteiger partial charge is 0.126 e. The second-order valence-corrected chi connectivity index (χ2v) is 4.67. The second kappa shape index (κ2) is 5.45. The molecule has 1 aromatic carbocycles. The highest BCUT2D eigenvalue weighted by molar-refractivity contribution is 5.28. The largest absolute Gasteiger partial charge is 0.324 e. The molecule has 1 atom stereocenters. The molecule has 1 aromatic heterocycles. The van der Waals surface area contributed by atoms with Gasteiger partial charge in [0.25, 0.3) is 0 Å². The van der Waals surface area contributed by atoms with Crippen molar-refractivity contribution in [2.24, 2.45) is 5.73 Å². The van der Waals surface area contributed by atoms with Crippen molar-refractivity contribution in [1.29, 1.82) is 0 Å². The van der Waals surface area contributed by atoms with Crippen molar-refractivity contribution in [1.82, 2.24) is 4.98 Å². The molecule has 1 unspecified atom stereocenters. The van der Waals surface area contributed by atoms with Crippen molar-refractivity contribution >= 4 is 0 Å². The van der Waals surface area contributed by atoms with Crippen LogP contribution in [0.1, 0.15) is 28.6 Å². The average Bonchev–Trinajstić information content (AvgIpc) is 2.33. The first-order chi connectivity index (χ1) is 8.97. The highest BCUT2D eigenvalue weighted by atomic mass is 19.1. The Morgan fingerprint density at radius 3 is 2.58 bits per heavy atom. The molecule has 1 heterocycles. The van der Waals surface area contributed by atoms with Gasteiger partial charge in [-0.15, -0.1) is 0 Å². The standard InChI is InChI=1S/C15H16F2N2/c1-9-3-5-13(10(2)19-9)15(18)8-11-7-12(16)4-6-14(11)17/h3-7,15H,8,18H2,1-2H3. The molecule has 0 aliphatic carbocycles. The van der Waals surface area contributed by atoms with Gasteiger partial charge in [-0.25, -0.2) is 8.78 Å². The van der Waals surface area contributed by atoms with Gasteiger partial charge in [0.05, 0.1) is 0 Å². The molecular formula is C15H16F2N2. The van der Waals surface area contributed by atoms with E-state index in [9.17, 15) is 8.78 Å². The summed E-state index contributed by atoms with van der Waals surface area (Å²) in [5.74, 6) is -0.892. The predicted octanol–water partition coefficient (Wildman–Crippen LogP) is 3.22. The molecule has 0 radical (unpaired) electrons. The average molecular weight is 262 g/mol. The Labute approximate surface area is 111 Å². The fourth-order valence-corrected chi connectivity index (χ4v) is 2.14. The maximum atomic E-state index is 13.6. The van der Waals surface area contributed by atoms with Crippen molar-refractivity contribution in [2.45, 2.75) is 26.3 Å². The third kappa shape index (κ3) is 3.15. The molecule has 19 heavy (non-hydrogen) atoms. The monoisotopic (exact) mass is 262 g/mol. The quantitative estimate of drug-likeness (QED) is 0.922. The van der Waals surface area contributed by atoms with Crippen LogP contribution in [0.5, 0.6) is 0 Å². The number of hydrogen-bond donors (Lipinski definition) is 1. The van der Waals surface area contributed by atoms with E-state index in [0.717, 1.165) is 29.1 Å². The molecule has 2 rings (SSSR count). The van der Waals surface area contributed by atoms with Gasteiger partial charge in [0, 0.05) is 17.4 Å². The lowest BCUT2D eigenvalue weighted by Crippen LogP contribution is -2.16. The van der Waals surface area contributed by atoms with Gasteiger partial charge in [0.1, 0.15) is 11.6 Å². The van der Waals surface area contributed by atoms with Crippen LogP contribution in [0, 0.1) is 25.5 Å². The number of aryl methyl sites for hydroxylation is 2. The summed E-state index contributed by atoms with van der Waals surface area (Å²) in [5, 5.41) is 0. The summed E-state index contributed by atoms with van der Waals surface area (Å²) in [7, 11) is 0. The van der Waals surface area contributed by atoms with Crippen LogP contribution in [0.15, 0.2) is 30.3 Å². The summed E-state index contributed by atoms with van der Waals surface area (Å²) in [6, 6.07) is 6.76. The van der Waals surface area contributed by atoms with Gasteiger partial charge in [-0.2, -0.15) is 0 Å². The van der Waals surface area contributed by atoms with Gasteiger partial charge >= 0.3 is 0 Å². The zero-order valence-electron chi connectivity index (χ0n) is 11.0. The van der Waals surface area contributed by atoms with Crippen molar-refractivity contribution < 1.29 is 8.78 Å². The Morgan fingerprint density at radius 2 is 1.89 bits per heavy atom. The van der Waals surface area contributed by atoms with Gasteiger partial charge in [0.15, 0.2) is 0 Å². The second-order valence-electron chi connectivity index (χ2n) is 4.67. The van der Waals surface area contributed by atoms with Crippen molar-refractivity contribution in [3.05, 3.63) is 64.5 Å². The number of aromatic nitrogens is 1. The number of hydrogen-bond acceptors (Lipinski definition) is 2. The zero-order valence-corrected chi connectivity index (χ0v) is 11.0. The van der Waals surface area contributed by atoms with Gasteiger partial charge in [-0.1, -0.05) is 6.07 Å². The first-order valence-electron chi connectivity index (χ1n) is 6.11. The first kappa shape index (κ1) is 13.6. The fraction of sp³-hybridized carbons (Fsp3) is 0.267. The molecule has 0 spiro atoms. The van der Waals surface area contributed by atoms with Crippen LogP contribution in [0.3, 0.4) is 0 Å². The van der Waals surface area contributed by atoms with E-state index in [2.05, 4.69) is 4.98 Å². The molecule has 100 valence electrons. The van der Waals surface area contributed by atoms with Crippen molar-refractivity contribution in [2.75, 3.05) is 0 Å². The molecule has 0 fully saturated rings. The highest BCUT2D eigenvalue weighted by Crippen LogP contribution is 2.21. The van der Waals surface area contributed by atoms with Crippen LogP contribution in [0.4, 0.5) is 8.78 Å². The maximum absolute atomic E-state index is 13.6. The zero-order chi connectivity index (χ0) is 14.0. The molecule has 2 nitrogen and oxygen atoms in total. The lowest BCUT2D eigenvalue weighted by atomic mass is 9.98. The van der Waals surface area contributed by atoms with Crippen molar-refractivity contribution in [3.8, 4) is 0 Å². The van der Waals surface area contributed by atoms with E-state index < -0.39 is 17.7 Å². The van der Waals surface area contributed by atoms with Gasteiger partial charge in [0.2, 0.25) is 0 Å². The minimum atomic E-state index is -0.456. The molecule has 0 saturated heterocycles. The summed E-state index contributed by atoms with van der Waals surface area (Å²) in [4.78, 5) is 4.33. The van der Waals surface area contributed by atoms with E-state index in [1.165, 1.54) is 6.07 Å². The molecule has 4 heteroatoms. The minimum Gasteiger partial charge on any atom is -0.324 e. The number of benzene rings is 1. The Bertz CT molecular complexity index is 597. The van der Waals surface area contributed by atoms with Crippen LogP contribution < -0.4 is 5.73 Å². The summed E-state index contributed by atoms with van der Waals surface area (Å²) < 4.78 is 26.7. The maximum Gasteiger partial charge on any atom is 0.126 e. The lowest BCUT2D eigenvalue weighted by Gasteiger charge is -2.15. The van der Waals surface area contributed by atoms with E-state index in [0.29, 0.717) is 0 Å². The SMILES string of the molecule is Cc1ccc(C(N)Cc2cc(F)ccc2F)c(C)n1. The van der Waals surface area contributed by atoms with Crippen LogP contribution in [-0.2, 0) is 6.42 Å². The number of nitrogens with zero attached hydrogens (tertiary/aromatic N) is 1. The molecule has 0 amide bonds. The van der Waals surface area contributed by atoms with Gasteiger partial charge < -0.3 is 5.73 Å². The minimum absolute atomic E-state index is 0.245. The third-order valence-corrected chi connectivity index (χ3v) is 3.11. The van der Waals surface area contributed by atoms with E-state index in [4.69, 9.17) is 5.73 Å². The normalized spacial score (nSPS) is 12.5. The molecule has 0 bridgehead atoms. The summed E-state index contributed by atoms with van der Waals surface area (Å²) in [6.45, 7) is 3.76. The van der Waals surface area contributed by atoms with Crippen LogP contribution in [0.25, 0.3) is 0 Å². The molecule has 0 aliphatic rings. The van der Waals surface area contributed by atoms with E-state index in [1.807, 2.05) is 26.0 Å².